The topological polar surface area (TPSA) is 38.3 Å². The Labute approximate surface area is 140 Å². The Balaban J connectivity index is 1.88. The minimum absolute atomic E-state index is 0.227. The third-order valence-corrected chi connectivity index (χ3v) is 4.03. The molecule has 3 rings (SSSR count). The van der Waals surface area contributed by atoms with Crippen molar-refractivity contribution < 1.29 is 13.9 Å². The van der Waals surface area contributed by atoms with E-state index in [4.69, 9.17) is 4.74 Å². The summed E-state index contributed by atoms with van der Waals surface area (Å²) in [5.74, 6) is 0.000379. The molecule has 4 heteroatoms. The van der Waals surface area contributed by atoms with E-state index in [9.17, 15) is 9.18 Å². The molecule has 0 aliphatic heterocycles. The molecule has 24 heavy (non-hydrogen) atoms. The van der Waals surface area contributed by atoms with Crippen molar-refractivity contribution in [3.8, 4) is 5.75 Å². The second-order valence-electron chi connectivity index (χ2n) is 5.65. The molecule has 0 bridgehead atoms. The maximum Gasteiger partial charge on any atom is 0.255 e. The molecule has 0 saturated heterocycles. The van der Waals surface area contributed by atoms with Crippen molar-refractivity contribution >= 4 is 16.7 Å². The summed E-state index contributed by atoms with van der Waals surface area (Å²) in [4.78, 5) is 12.7. The first kappa shape index (κ1) is 16.0. The van der Waals surface area contributed by atoms with E-state index in [-0.39, 0.29) is 17.8 Å². The van der Waals surface area contributed by atoms with Crippen molar-refractivity contribution in [1.82, 2.24) is 5.32 Å². The molecule has 1 N–H and O–H groups in total. The summed E-state index contributed by atoms with van der Waals surface area (Å²) in [7, 11) is 1.55. The van der Waals surface area contributed by atoms with Gasteiger partial charge in [-0.05, 0) is 47.5 Å². The number of fused-ring (bicyclic) bond motifs is 1. The van der Waals surface area contributed by atoms with Gasteiger partial charge in [-0.2, -0.15) is 0 Å². The number of ether oxygens (including phenoxy) is 1. The van der Waals surface area contributed by atoms with Crippen LogP contribution in [0.2, 0.25) is 0 Å². The average molecular weight is 323 g/mol. The Morgan fingerprint density at radius 2 is 1.67 bits per heavy atom. The van der Waals surface area contributed by atoms with Gasteiger partial charge in [0.15, 0.2) is 0 Å². The maximum atomic E-state index is 13.0. The van der Waals surface area contributed by atoms with E-state index in [0.717, 1.165) is 16.3 Å². The molecule has 0 saturated carbocycles. The normalized spacial score (nSPS) is 12.0. The molecule has 0 spiro atoms. The highest BCUT2D eigenvalue weighted by Gasteiger charge is 2.16. The van der Waals surface area contributed by atoms with Crippen LogP contribution in [0.4, 0.5) is 4.39 Å². The van der Waals surface area contributed by atoms with Gasteiger partial charge in [-0.1, -0.05) is 36.4 Å². The van der Waals surface area contributed by atoms with Crippen LogP contribution in [0.3, 0.4) is 0 Å². The monoisotopic (exact) mass is 323 g/mol. The Kier molecular flexibility index (Phi) is 4.47. The fraction of sp³-hybridized carbons (Fsp3) is 0.150. The SMILES string of the molecule is COc1cc2ccccc2cc1C(=O)N[C@@H](C)c1ccc(F)cc1. The Hall–Kier alpha value is -2.88. The van der Waals surface area contributed by atoms with E-state index >= 15 is 0 Å². The molecule has 0 radical (unpaired) electrons. The van der Waals surface area contributed by atoms with Gasteiger partial charge in [0.05, 0.1) is 18.7 Å². The van der Waals surface area contributed by atoms with E-state index in [2.05, 4.69) is 5.32 Å². The number of hydrogen-bond donors (Lipinski definition) is 1. The zero-order chi connectivity index (χ0) is 17.1. The predicted octanol–water partition coefficient (Wildman–Crippen LogP) is 4.48. The molecule has 3 aromatic carbocycles. The standard InChI is InChI=1S/C20H18FNO2/c1-13(14-7-9-17(21)10-8-14)22-20(23)18-11-15-5-3-4-6-16(15)12-19(18)24-2/h3-13H,1-2H3,(H,22,23)/t13-/m0/s1. The lowest BCUT2D eigenvalue weighted by atomic mass is 10.0. The van der Waals surface area contributed by atoms with E-state index in [1.165, 1.54) is 12.1 Å². The average Bonchev–Trinajstić information content (AvgIpc) is 2.61. The molecule has 1 atom stereocenters. The highest BCUT2D eigenvalue weighted by Crippen LogP contribution is 2.26. The van der Waals surface area contributed by atoms with Crippen molar-refractivity contribution in [3.05, 3.63) is 77.6 Å². The first-order chi connectivity index (χ1) is 11.6. The summed E-state index contributed by atoms with van der Waals surface area (Å²) in [5, 5.41) is 4.91. The van der Waals surface area contributed by atoms with Crippen LogP contribution >= 0.6 is 0 Å². The molecule has 0 aliphatic rings. The van der Waals surface area contributed by atoms with Gasteiger partial charge >= 0.3 is 0 Å². The number of carbonyl (C=O) groups excluding carboxylic acids is 1. The molecule has 0 fully saturated rings. The molecular formula is C20H18FNO2. The van der Waals surface area contributed by atoms with Gasteiger partial charge in [-0.25, -0.2) is 4.39 Å². The van der Waals surface area contributed by atoms with Gasteiger partial charge in [0.25, 0.3) is 5.91 Å². The summed E-state index contributed by atoms with van der Waals surface area (Å²) < 4.78 is 18.4. The largest absolute Gasteiger partial charge is 0.496 e. The Morgan fingerprint density at radius 3 is 2.29 bits per heavy atom. The lowest BCUT2D eigenvalue weighted by Crippen LogP contribution is -2.27. The summed E-state index contributed by atoms with van der Waals surface area (Å²) in [6, 6.07) is 17.3. The molecular weight excluding hydrogens is 305 g/mol. The van der Waals surface area contributed by atoms with Gasteiger partial charge in [0, 0.05) is 0 Å². The maximum absolute atomic E-state index is 13.0. The Bertz CT molecular complexity index is 874. The lowest BCUT2D eigenvalue weighted by molar-refractivity contribution is 0.0937. The van der Waals surface area contributed by atoms with Crippen LogP contribution in [0.25, 0.3) is 10.8 Å². The van der Waals surface area contributed by atoms with Crippen LogP contribution in [0, 0.1) is 5.82 Å². The number of hydrogen-bond acceptors (Lipinski definition) is 2. The molecule has 0 aliphatic carbocycles. The molecule has 3 aromatic rings. The minimum Gasteiger partial charge on any atom is -0.496 e. The van der Waals surface area contributed by atoms with Crippen LogP contribution in [-0.2, 0) is 0 Å². The molecule has 0 unspecified atom stereocenters. The molecule has 0 heterocycles. The third kappa shape index (κ3) is 3.23. The van der Waals surface area contributed by atoms with Crippen molar-refractivity contribution in [2.45, 2.75) is 13.0 Å². The van der Waals surface area contributed by atoms with Gasteiger partial charge in [-0.3, -0.25) is 4.79 Å². The summed E-state index contributed by atoms with van der Waals surface area (Å²) in [6.07, 6.45) is 0. The molecule has 1 amide bonds. The number of amides is 1. The lowest BCUT2D eigenvalue weighted by Gasteiger charge is -2.16. The number of rotatable bonds is 4. The second kappa shape index (κ2) is 6.71. The Morgan fingerprint density at radius 1 is 1.04 bits per heavy atom. The van der Waals surface area contributed by atoms with Crippen molar-refractivity contribution in [1.29, 1.82) is 0 Å². The number of benzene rings is 3. The van der Waals surface area contributed by atoms with Crippen LogP contribution in [0.15, 0.2) is 60.7 Å². The fourth-order valence-electron chi connectivity index (χ4n) is 2.67. The van der Waals surface area contributed by atoms with E-state index in [0.29, 0.717) is 11.3 Å². The van der Waals surface area contributed by atoms with Crippen LogP contribution in [0.1, 0.15) is 28.9 Å². The zero-order valence-electron chi connectivity index (χ0n) is 13.5. The van der Waals surface area contributed by atoms with E-state index < -0.39 is 0 Å². The van der Waals surface area contributed by atoms with Crippen LogP contribution in [-0.4, -0.2) is 13.0 Å². The van der Waals surface area contributed by atoms with Crippen LogP contribution < -0.4 is 10.1 Å². The number of methoxy groups -OCH3 is 1. The minimum atomic E-state index is -0.298. The third-order valence-electron chi connectivity index (χ3n) is 4.03. The van der Waals surface area contributed by atoms with Crippen molar-refractivity contribution in [2.24, 2.45) is 0 Å². The number of carbonyl (C=O) groups is 1. The number of nitrogens with one attached hydrogen (secondary N) is 1. The smallest absolute Gasteiger partial charge is 0.255 e. The second-order valence-corrected chi connectivity index (χ2v) is 5.65. The van der Waals surface area contributed by atoms with Gasteiger partial charge < -0.3 is 10.1 Å². The zero-order valence-corrected chi connectivity index (χ0v) is 13.5. The summed E-state index contributed by atoms with van der Waals surface area (Å²) >= 11 is 0. The van der Waals surface area contributed by atoms with Crippen LogP contribution in [0.5, 0.6) is 5.75 Å². The van der Waals surface area contributed by atoms with Gasteiger partial charge in [0.1, 0.15) is 11.6 Å². The molecule has 122 valence electrons. The quantitative estimate of drug-likeness (QED) is 0.769. The molecule has 3 nitrogen and oxygen atoms in total. The predicted molar refractivity (Wildman–Crippen MR) is 92.8 cm³/mol. The fourth-order valence-corrected chi connectivity index (χ4v) is 2.67. The summed E-state index contributed by atoms with van der Waals surface area (Å²) in [5.41, 5.74) is 1.31. The number of halogens is 1. The van der Waals surface area contributed by atoms with E-state index in [1.54, 1.807) is 19.2 Å². The van der Waals surface area contributed by atoms with Gasteiger partial charge in [0.2, 0.25) is 0 Å². The van der Waals surface area contributed by atoms with Crippen molar-refractivity contribution in [3.63, 3.8) is 0 Å². The summed E-state index contributed by atoms with van der Waals surface area (Å²) in [6.45, 7) is 1.86. The van der Waals surface area contributed by atoms with Gasteiger partial charge in [-0.15, -0.1) is 0 Å². The first-order valence-electron chi connectivity index (χ1n) is 7.71. The highest BCUT2D eigenvalue weighted by atomic mass is 19.1. The van der Waals surface area contributed by atoms with E-state index in [1.807, 2.05) is 43.3 Å². The first-order valence-corrected chi connectivity index (χ1v) is 7.71. The molecule has 0 aromatic heterocycles. The highest BCUT2D eigenvalue weighted by molar-refractivity contribution is 6.01. The van der Waals surface area contributed by atoms with Crippen molar-refractivity contribution in [2.75, 3.05) is 7.11 Å².